The number of fused-ring (bicyclic) bond motifs is 1. The molecular weight excluding hydrogens is 407 g/mol. The van der Waals surface area contributed by atoms with Gasteiger partial charge < -0.3 is 16.0 Å². The van der Waals surface area contributed by atoms with Gasteiger partial charge in [0.25, 0.3) is 0 Å². The molecule has 1 amide bonds. The first-order chi connectivity index (χ1) is 14.8. The molecule has 5 rings (SSSR count). The number of hydrogen-bond donors (Lipinski definition) is 2. The van der Waals surface area contributed by atoms with E-state index in [0.717, 1.165) is 44.6 Å². The van der Waals surface area contributed by atoms with E-state index in [1.165, 1.54) is 18.5 Å². The molecular formula is C22H26F3N5O. The van der Waals surface area contributed by atoms with Crippen LogP contribution in [0.4, 0.5) is 18.9 Å². The zero-order chi connectivity index (χ0) is 21.8. The van der Waals surface area contributed by atoms with E-state index >= 15 is 0 Å². The first kappa shape index (κ1) is 20.5. The SMILES string of the molecule is N[C@H]1CC[C@H](NC(=O)C2CN(c3ccc(C(F)(F)F)c4nccnc34)CC23CC3)CC1. The highest BCUT2D eigenvalue weighted by Gasteiger charge is 2.58. The smallest absolute Gasteiger partial charge is 0.368 e. The fourth-order valence-corrected chi connectivity index (χ4v) is 5.27. The molecule has 9 heteroatoms. The first-order valence-corrected chi connectivity index (χ1v) is 10.9. The summed E-state index contributed by atoms with van der Waals surface area (Å²) in [6, 6.07) is 2.93. The molecule has 2 aliphatic carbocycles. The fourth-order valence-electron chi connectivity index (χ4n) is 5.27. The number of nitrogens with one attached hydrogen (secondary N) is 1. The third kappa shape index (κ3) is 3.73. The summed E-state index contributed by atoms with van der Waals surface area (Å²) in [7, 11) is 0. The van der Waals surface area contributed by atoms with Crippen LogP contribution < -0.4 is 16.0 Å². The molecule has 6 nitrogen and oxygen atoms in total. The van der Waals surface area contributed by atoms with Gasteiger partial charge in [-0.15, -0.1) is 0 Å². The molecule has 1 aromatic carbocycles. The summed E-state index contributed by atoms with van der Waals surface area (Å²) in [4.78, 5) is 23.3. The number of nitrogens with two attached hydrogens (primary N) is 1. The van der Waals surface area contributed by atoms with Crippen LogP contribution in [0.15, 0.2) is 24.5 Å². The van der Waals surface area contributed by atoms with E-state index < -0.39 is 11.7 Å². The van der Waals surface area contributed by atoms with Gasteiger partial charge in [0.2, 0.25) is 5.91 Å². The molecule has 166 valence electrons. The minimum atomic E-state index is -4.50. The van der Waals surface area contributed by atoms with Gasteiger partial charge in [-0.1, -0.05) is 0 Å². The summed E-state index contributed by atoms with van der Waals surface area (Å²) in [5, 5.41) is 3.22. The number of halogens is 3. The largest absolute Gasteiger partial charge is 0.418 e. The molecule has 1 aliphatic heterocycles. The number of anilines is 1. The predicted octanol–water partition coefficient (Wildman–Crippen LogP) is 3.25. The summed E-state index contributed by atoms with van der Waals surface area (Å²) in [6.07, 6.45) is 3.74. The van der Waals surface area contributed by atoms with E-state index in [4.69, 9.17) is 5.73 Å². The Labute approximate surface area is 178 Å². The van der Waals surface area contributed by atoms with E-state index in [0.29, 0.717) is 18.8 Å². The predicted molar refractivity (Wildman–Crippen MR) is 110 cm³/mol. The van der Waals surface area contributed by atoms with Crippen LogP contribution in [0, 0.1) is 11.3 Å². The zero-order valence-corrected chi connectivity index (χ0v) is 17.2. The van der Waals surface area contributed by atoms with Crippen molar-refractivity contribution in [3.63, 3.8) is 0 Å². The average Bonchev–Trinajstić information content (AvgIpc) is 3.40. The summed E-state index contributed by atoms with van der Waals surface area (Å²) in [6.45, 7) is 1.13. The minimum absolute atomic E-state index is 0.0581. The lowest BCUT2D eigenvalue weighted by Crippen LogP contribution is -2.44. The van der Waals surface area contributed by atoms with Crippen LogP contribution >= 0.6 is 0 Å². The molecule has 0 bridgehead atoms. The highest BCUT2D eigenvalue weighted by molar-refractivity contribution is 5.92. The number of carbonyl (C=O) groups is 1. The van der Waals surface area contributed by atoms with Crippen molar-refractivity contribution in [1.29, 1.82) is 0 Å². The molecule has 1 unspecified atom stereocenters. The number of amides is 1. The van der Waals surface area contributed by atoms with Crippen molar-refractivity contribution >= 4 is 22.6 Å². The highest BCUT2D eigenvalue weighted by atomic mass is 19.4. The van der Waals surface area contributed by atoms with Crippen LogP contribution in [0.5, 0.6) is 0 Å². The van der Waals surface area contributed by atoms with Gasteiger partial charge in [0.15, 0.2) is 0 Å². The molecule has 3 fully saturated rings. The second kappa shape index (κ2) is 7.32. The topological polar surface area (TPSA) is 84.1 Å². The normalized spacial score (nSPS) is 27.6. The summed E-state index contributed by atoms with van der Waals surface area (Å²) in [5.74, 6) is -0.111. The molecule has 3 N–H and O–H groups in total. The van der Waals surface area contributed by atoms with E-state index in [9.17, 15) is 18.0 Å². The average molecular weight is 433 g/mol. The molecule has 1 spiro atoms. The number of benzene rings is 1. The number of aromatic nitrogens is 2. The molecule has 2 heterocycles. The Balaban J connectivity index is 1.39. The second-order valence-electron chi connectivity index (χ2n) is 9.30. The zero-order valence-electron chi connectivity index (χ0n) is 17.2. The second-order valence-corrected chi connectivity index (χ2v) is 9.30. The maximum absolute atomic E-state index is 13.4. The lowest BCUT2D eigenvalue weighted by atomic mass is 9.89. The molecule has 1 atom stereocenters. The Hall–Kier alpha value is -2.42. The van der Waals surface area contributed by atoms with Gasteiger partial charge in [-0.2, -0.15) is 13.2 Å². The Morgan fingerprint density at radius 3 is 2.42 bits per heavy atom. The lowest BCUT2D eigenvalue weighted by molar-refractivity contribution is -0.136. The molecule has 0 radical (unpaired) electrons. The van der Waals surface area contributed by atoms with E-state index in [-0.39, 0.29) is 40.4 Å². The first-order valence-electron chi connectivity index (χ1n) is 10.9. The molecule has 1 saturated heterocycles. The fraction of sp³-hybridized carbons (Fsp3) is 0.591. The maximum Gasteiger partial charge on any atom is 0.418 e. The van der Waals surface area contributed by atoms with E-state index in [1.807, 2.05) is 4.90 Å². The monoisotopic (exact) mass is 433 g/mol. The Kier molecular flexibility index (Phi) is 4.84. The molecule has 1 aromatic heterocycles. The van der Waals surface area contributed by atoms with Crippen molar-refractivity contribution < 1.29 is 18.0 Å². The van der Waals surface area contributed by atoms with E-state index in [2.05, 4.69) is 15.3 Å². The van der Waals surface area contributed by atoms with Gasteiger partial charge in [0.1, 0.15) is 11.0 Å². The van der Waals surface area contributed by atoms with Crippen molar-refractivity contribution in [2.75, 3.05) is 18.0 Å². The lowest BCUT2D eigenvalue weighted by Gasteiger charge is -2.28. The number of alkyl halides is 3. The van der Waals surface area contributed by atoms with Crippen LogP contribution in [0.3, 0.4) is 0 Å². The van der Waals surface area contributed by atoms with Gasteiger partial charge in [-0.25, -0.2) is 0 Å². The number of rotatable bonds is 3. The Morgan fingerprint density at radius 1 is 1.10 bits per heavy atom. The van der Waals surface area contributed by atoms with Crippen LogP contribution in [0.1, 0.15) is 44.1 Å². The summed E-state index contributed by atoms with van der Waals surface area (Å²) >= 11 is 0. The maximum atomic E-state index is 13.4. The molecule has 31 heavy (non-hydrogen) atoms. The summed E-state index contributed by atoms with van der Waals surface area (Å²) in [5.41, 5.74) is 5.78. The van der Waals surface area contributed by atoms with Crippen molar-refractivity contribution in [2.45, 2.75) is 56.8 Å². The van der Waals surface area contributed by atoms with E-state index in [1.54, 1.807) is 0 Å². The standard InChI is InChI=1S/C22H26F3N5O/c23-22(24,25)15-5-6-17(19-18(15)27-9-10-28-19)30-11-16(21(12-30)7-8-21)20(31)29-14-3-1-13(26)2-4-14/h5-6,9-10,13-14,16H,1-4,7-8,11-12,26H2,(H,29,31)/t13-,14-,16?. The quantitative estimate of drug-likeness (QED) is 0.776. The number of nitrogens with zero attached hydrogens (tertiary/aromatic N) is 3. The Morgan fingerprint density at radius 2 is 1.77 bits per heavy atom. The summed E-state index contributed by atoms with van der Waals surface area (Å²) < 4.78 is 40.3. The molecule has 3 aliphatic rings. The van der Waals surface area contributed by atoms with Gasteiger partial charge in [-0.05, 0) is 50.7 Å². The van der Waals surface area contributed by atoms with Crippen molar-refractivity contribution in [3.05, 3.63) is 30.1 Å². The van der Waals surface area contributed by atoms with Gasteiger partial charge in [0, 0.05) is 43.0 Å². The van der Waals surface area contributed by atoms with Crippen molar-refractivity contribution in [1.82, 2.24) is 15.3 Å². The van der Waals surface area contributed by atoms with Crippen molar-refractivity contribution in [2.24, 2.45) is 17.1 Å². The molecule has 2 saturated carbocycles. The van der Waals surface area contributed by atoms with Gasteiger partial charge >= 0.3 is 6.18 Å². The van der Waals surface area contributed by atoms with Crippen LogP contribution in [0.2, 0.25) is 0 Å². The minimum Gasteiger partial charge on any atom is -0.368 e. The molecule has 2 aromatic rings. The van der Waals surface area contributed by atoms with Crippen LogP contribution in [-0.4, -0.2) is 41.0 Å². The van der Waals surface area contributed by atoms with Crippen LogP contribution in [-0.2, 0) is 11.0 Å². The van der Waals surface area contributed by atoms with Crippen molar-refractivity contribution in [3.8, 4) is 0 Å². The van der Waals surface area contributed by atoms with Crippen LogP contribution in [0.25, 0.3) is 11.0 Å². The number of carbonyl (C=O) groups excluding carboxylic acids is 1. The third-order valence-corrected chi connectivity index (χ3v) is 7.22. The Bertz CT molecular complexity index is 998. The van der Waals surface area contributed by atoms with Gasteiger partial charge in [-0.3, -0.25) is 14.8 Å². The third-order valence-electron chi connectivity index (χ3n) is 7.22. The highest BCUT2D eigenvalue weighted by Crippen LogP contribution is 2.57. The van der Waals surface area contributed by atoms with Gasteiger partial charge in [0.05, 0.1) is 17.2 Å². The number of hydrogen-bond acceptors (Lipinski definition) is 5.